The van der Waals surface area contributed by atoms with E-state index in [1.807, 2.05) is 62.4 Å². The molecule has 0 bridgehead atoms. The first kappa shape index (κ1) is 14.3. The van der Waals surface area contributed by atoms with Crippen LogP contribution in [0.25, 0.3) is 11.8 Å². The van der Waals surface area contributed by atoms with Crippen molar-refractivity contribution in [1.82, 2.24) is 0 Å². The fraction of sp³-hybridized carbons (Fsp3) is 0.150. The highest BCUT2D eigenvalue weighted by Gasteiger charge is 2.22. The summed E-state index contributed by atoms with van der Waals surface area (Å²) in [6.07, 6.45) is 3.68. The largest absolute Gasteiger partial charge is 0.422 e. The topological polar surface area (TPSA) is 26.3 Å². The Labute approximate surface area is 130 Å². The van der Waals surface area contributed by atoms with Crippen LogP contribution in [0.5, 0.6) is 0 Å². The lowest BCUT2D eigenvalue weighted by atomic mass is 10.0. The zero-order valence-electron chi connectivity index (χ0n) is 13.0. The van der Waals surface area contributed by atoms with Gasteiger partial charge in [-0.2, -0.15) is 0 Å². The van der Waals surface area contributed by atoms with Crippen molar-refractivity contribution in [2.75, 3.05) is 0 Å². The van der Waals surface area contributed by atoms with Gasteiger partial charge in [0.25, 0.3) is 0 Å². The predicted molar refractivity (Wildman–Crippen MR) is 89.1 cm³/mol. The third-order valence-corrected chi connectivity index (χ3v) is 3.77. The number of cyclic esters (lactones) is 1. The fourth-order valence-electron chi connectivity index (χ4n) is 2.55. The second kappa shape index (κ2) is 5.64. The van der Waals surface area contributed by atoms with Crippen molar-refractivity contribution in [3.8, 4) is 0 Å². The number of rotatable bonds is 2. The average Bonchev–Trinajstić information content (AvgIpc) is 2.82. The molecule has 0 fully saturated rings. The van der Waals surface area contributed by atoms with Crippen LogP contribution in [0.4, 0.5) is 0 Å². The maximum absolute atomic E-state index is 12.1. The molecular formula is C20H18O2. The zero-order valence-corrected chi connectivity index (χ0v) is 13.0. The lowest BCUT2D eigenvalue weighted by molar-refractivity contribution is -0.130. The molecule has 1 heterocycles. The quantitative estimate of drug-likeness (QED) is 0.597. The Morgan fingerprint density at radius 1 is 0.909 bits per heavy atom. The van der Waals surface area contributed by atoms with Gasteiger partial charge in [-0.05, 0) is 44.1 Å². The maximum atomic E-state index is 12.1. The summed E-state index contributed by atoms with van der Waals surface area (Å²) in [5, 5.41) is 0. The molecule has 0 atom stereocenters. The van der Waals surface area contributed by atoms with E-state index in [1.54, 1.807) is 0 Å². The van der Waals surface area contributed by atoms with Gasteiger partial charge in [-0.25, -0.2) is 4.79 Å². The number of benzene rings is 2. The monoisotopic (exact) mass is 290 g/mol. The molecule has 0 saturated carbocycles. The molecular weight excluding hydrogens is 272 g/mol. The first-order valence-corrected chi connectivity index (χ1v) is 7.33. The SMILES string of the molecule is Cc1ccc(/C=C2\C=C(c3ccc(C)cc3C)OC2=O)cc1. The lowest BCUT2D eigenvalue weighted by Gasteiger charge is -2.06. The first-order valence-electron chi connectivity index (χ1n) is 7.33. The smallest absolute Gasteiger partial charge is 0.343 e. The molecule has 0 aliphatic carbocycles. The molecule has 2 aromatic carbocycles. The molecule has 0 spiro atoms. The molecule has 0 amide bonds. The first-order chi connectivity index (χ1) is 10.5. The van der Waals surface area contributed by atoms with Gasteiger partial charge >= 0.3 is 5.97 Å². The van der Waals surface area contributed by atoms with E-state index < -0.39 is 0 Å². The Bertz CT molecular complexity index is 793. The number of aryl methyl sites for hydroxylation is 3. The minimum absolute atomic E-state index is 0.296. The molecule has 2 aromatic rings. The number of hydrogen-bond donors (Lipinski definition) is 0. The van der Waals surface area contributed by atoms with Crippen molar-refractivity contribution < 1.29 is 9.53 Å². The Hall–Kier alpha value is -2.61. The molecule has 110 valence electrons. The summed E-state index contributed by atoms with van der Waals surface area (Å²) in [7, 11) is 0. The van der Waals surface area contributed by atoms with Crippen LogP contribution in [0.15, 0.2) is 54.1 Å². The Morgan fingerprint density at radius 3 is 2.27 bits per heavy atom. The van der Waals surface area contributed by atoms with Crippen molar-refractivity contribution in [3.05, 3.63) is 81.9 Å². The van der Waals surface area contributed by atoms with Crippen LogP contribution in [-0.2, 0) is 9.53 Å². The Morgan fingerprint density at radius 2 is 1.59 bits per heavy atom. The third-order valence-electron chi connectivity index (χ3n) is 3.77. The van der Waals surface area contributed by atoms with Crippen LogP contribution in [0.3, 0.4) is 0 Å². The van der Waals surface area contributed by atoms with Gasteiger partial charge in [0.2, 0.25) is 0 Å². The van der Waals surface area contributed by atoms with Gasteiger partial charge in [0.05, 0.1) is 5.57 Å². The number of esters is 1. The number of hydrogen-bond acceptors (Lipinski definition) is 2. The van der Waals surface area contributed by atoms with Crippen LogP contribution >= 0.6 is 0 Å². The van der Waals surface area contributed by atoms with Crippen molar-refractivity contribution in [1.29, 1.82) is 0 Å². The van der Waals surface area contributed by atoms with Crippen LogP contribution in [-0.4, -0.2) is 5.97 Å². The molecule has 1 aliphatic heterocycles. The normalized spacial score (nSPS) is 15.9. The van der Waals surface area contributed by atoms with Gasteiger partial charge < -0.3 is 4.74 Å². The van der Waals surface area contributed by atoms with Gasteiger partial charge in [0, 0.05) is 5.56 Å². The van der Waals surface area contributed by atoms with Crippen molar-refractivity contribution >= 4 is 17.8 Å². The average molecular weight is 290 g/mol. The molecule has 1 aliphatic rings. The highest BCUT2D eigenvalue weighted by atomic mass is 16.5. The number of ether oxygens (including phenoxy) is 1. The third kappa shape index (κ3) is 2.86. The van der Waals surface area contributed by atoms with Gasteiger partial charge in [0.1, 0.15) is 5.76 Å². The highest BCUT2D eigenvalue weighted by Crippen LogP contribution is 2.29. The summed E-state index contributed by atoms with van der Waals surface area (Å²) in [5.41, 5.74) is 6.04. The van der Waals surface area contributed by atoms with E-state index in [0.29, 0.717) is 11.3 Å². The molecule has 0 N–H and O–H groups in total. The van der Waals surface area contributed by atoms with E-state index in [4.69, 9.17) is 4.74 Å². The molecule has 0 aromatic heterocycles. The van der Waals surface area contributed by atoms with E-state index in [0.717, 1.165) is 16.7 Å². The van der Waals surface area contributed by atoms with E-state index in [2.05, 4.69) is 13.0 Å². The molecule has 2 nitrogen and oxygen atoms in total. The van der Waals surface area contributed by atoms with E-state index in [1.165, 1.54) is 11.1 Å². The summed E-state index contributed by atoms with van der Waals surface area (Å²) in [5.74, 6) is 0.330. The van der Waals surface area contributed by atoms with Gasteiger partial charge in [-0.1, -0.05) is 53.6 Å². The molecule has 2 heteroatoms. The second-order valence-corrected chi connectivity index (χ2v) is 5.73. The van der Waals surface area contributed by atoms with Crippen molar-refractivity contribution in [3.63, 3.8) is 0 Å². The highest BCUT2D eigenvalue weighted by molar-refractivity contribution is 6.05. The molecule has 0 saturated heterocycles. The number of carbonyl (C=O) groups is 1. The zero-order chi connectivity index (χ0) is 15.7. The predicted octanol–water partition coefficient (Wildman–Crippen LogP) is 4.59. The summed E-state index contributed by atoms with van der Waals surface area (Å²) >= 11 is 0. The van der Waals surface area contributed by atoms with E-state index in [9.17, 15) is 4.79 Å². The molecule has 0 unspecified atom stereocenters. The minimum Gasteiger partial charge on any atom is -0.422 e. The van der Waals surface area contributed by atoms with Gasteiger partial charge in [0.15, 0.2) is 0 Å². The van der Waals surface area contributed by atoms with Gasteiger partial charge in [-0.3, -0.25) is 0 Å². The molecule has 3 rings (SSSR count). The summed E-state index contributed by atoms with van der Waals surface area (Å²) in [4.78, 5) is 12.1. The summed E-state index contributed by atoms with van der Waals surface area (Å²) < 4.78 is 5.43. The van der Waals surface area contributed by atoms with Crippen LogP contribution in [0, 0.1) is 20.8 Å². The van der Waals surface area contributed by atoms with Crippen LogP contribution < -0.4 is 0 Å². The summed E-state index contributed by atoms with van der Waals surface area (Å²) in [6.45, 7) is 6.12. The van der Waals surface area contributed by atoms with Gasteiger partial charge in [-0.15, -0.1) is 0 Å². The minimum atomic E-state index is -0.296. The van der Waals surface area contributed by atoms with E-state index >= 15 is 0 Å². The fourth-order valence-corrected chi connectivity index (χ4v) is 2.55. The second-order valence-electron chi connectivity index (χ2n) is 5.73. The Balaban J connectivity index is 1.96. The Kier molecular flexibility index (Phi) is 3.68. The molecule has 22 heavy (non-hydrogen) atoms. The maximum Gasteiger partial charge on any atom is 0.343 e. The van der Waals surface area contributed by atoms with Crippen molar-refractivity contribution in [2.45, 2.75) is 20.8 Å². The molecule has 0 radical (unpaired) electrons. The van der Waals surface area contributed by atoms with E-state index in [-0.39, 0.29) is 5.97 Å². The lowest BCUT2D eigenvalue weighted by Crippen LogP contribution is -1.98. The standard InChI is InChI=1S/C20H18O2/c1-13-4-7-16(8-5-13)11-17-12-19(22-20(17)21)18-9-6-14(2)10-15(18)3/h4-12H,1-3H3/b17-11+. The van der Waals surface area contributed by atoms with Crippen LogP contribution in [0.2, 0.25) is 0 Å². The van der Waals surface area contributed by atoms with Crippen LogP contribution in [0.1, 0.15) is 27.8 Å². The van der Waals surface area contributed by atoms with Crippen molar-refractivity contribution in [2.24, 2.45) is 0 Å². The summed E-state index contributed by atoms with van der Waals surface area (Å²) in [6, 6.07) is 14.2. The number of carbonyl (C=O) groups excluding carboxylic acids is 1.